The molecule has 0 aliphatic rings. The lowest BCUT2D eigenvalue weighted by atomic mass is 9.98. The van der Waals surface area contributed by atoms with Crippen molar-refractivity contribution < 1.29 is 19.2 Å². The van der Waals surface area contributed by atoms with Crippen LogP contribution in [0.1, 0.15) is 146 Å². The molecule has 0 heterocycles. The predicted octanol–water partition coefficient (Wildman–Crippen LogP) is 7.29. The lowest BCUT2D eigenvalue weighted by Crippen LogP contribution is -2.34. The number of benzene rings is 1. The van der Waals surface area contributed by atoms with Gasteiger partial charge in [0.25, 0.3) is 0 Å². The van der Waals surface area contributed by atoms with E-state index in [2.05, 4.69) is 49.6 Å². The Kier molecular flexibility index (Phi) is 24.3. The van der Waals surface area contributed by atoms with E-state index in [0.29, 0.717) is 13.1 Å². The highest BCUT2D eigenvalue weighted by Gasteiger charge is 2.14. The van der Waals surface area contributed by atoms with E-state index >= 15 is 0 Å². The second-order valence-electron chi connectivity index (χ2n) is 13.5. The molecule has 268 valence electrons. The van der Waals surface area contributed by atoms with Gasteiger partial charge in [-0.05, 0) is 69.4 Å². The number of amides is 4. The van der Waals surface area contributed by atoms with E-state index in [1.54, 1.807) is 23.9 Å². The Bertz CT molecular complexity index is 952. The Morgan fingerprint density at radius 1 is 0.532 bits per heavy atom. The van der Waals surface area contributed by atoms with Gasteiger partial charge in [-0.2, -0.15) is 0 Å². The number of rotatable bonds is 28. The first-order valence-corrected chi connectivity index (χ1v) is 18.8. The van der Waals surface area contributed by atoms with Gasteiger partial charge in [0.2, 0.25) is 23.6 Å². The maximum atomic E-state index is 12.3. The molecule has 0 saturated carbocycles. The second-order valence-corrected chi connectivity index (χ2v) is 13.5. The molecule has 0 fully saturated rings. The predicted molar refractivity (Wildman–Crippen MR) is 194 cm³/mol. The van der Waals surface area contributed by atoms with Gasteiger partial charge < -0.3 is 20.4 Å². The van der Waals surface area contributed by atoms with Crippen LogP contribution in [-0.2, 0) is 32.0 Å². The third-order valence-corrected chi connectivity index (χ3v) is 8.79. The van der Waals surface area contributed by atoms with E-state index < -0.39 is 0 Å². The summed E-state index contributed by atoms with van der Waals surface area (Å²) in [5, 5.41) is 5.82. The van der Waals surface area contributed by atoms with Crippen LogP contribution in [0.2, 0.25) is 0 Å². The van der Waals surface area contributed by atoms with Crippen LogP contribution in [0.3, 0.4) is 0 Å². The summed E-state index contributed by atoms with van der Waals surface area (Å²) < 4.78 is 0. The van der Waals surface area contributed by atoms with Crippen molar-refractivity contribution in [3.63, 3.8) is 0 Å². The van der Waals surface area contributed by atoms with E-state index in [0.717, 1.165) is 90.1 Å². The van der Waals surface area contributed by atoms with Gasteiger partial charge in [-0.15, -0.1) is 0 Å². The van der Waals surface area contributed by atoms with E-state index in [-0.39, 0.29) is 36.5 Å². The molecule has 0 radical (unpaired) electrons. The highest BCUT2D eigenvalue weighted by molar-refractivity contribution is 5.97. The maximum absolute atomic E-state index is 12.3. The number of carbonyl (C=O) groups excluding carboxylic acids is 4. The van der Waals surface area contributed by atoms with E-state index in [1.807, 2.05) is 0 Å². The minimum Gasteiger partial charge on any atom is -0.356 e. The molecule has 2 N–H and O–H groups in total. The van der Waals surface area contributed by atoms with Crippen LogP contribution in [0.25, 0.3) is 0 Å². The molecule has 1 aromatic rings. The minimum atomic E-state index is -0.180. The van der Waals surface area contributed by atoms with Gasteiger partial charge in [0, 0.05) is 40.3 Å². The van der Waals surface area contributed by atoms with Gasteiger partial charge in [0.15, 0.2) is 0 Å². The van der Waals surface area contributed by atoms with Crippen molar-refractivity contribution >= 4 is 23.6 Å². The summed E-state index contributed by atoms with van der Waals surface area (Å²) in [6.45, 7) is 9.19. The van der Waals surface area contributed by atoms with E-state index in [1.165, 1.54) is 55.2 Å². The molecule has 8 nitrogen and oxygen atoms in total. The summed E-state index contributed by atoms with van der Waals surface area (Å²) in [4.78, 5) is 52.3. The number of nitrogens with one attached hydrogen (secondary N) is 2. The average Bonchev–Trinajstić information content (AvgIpc) is 3.03. The van der Waals surface area contributed by atoms with Crippen LogP contribution >= 0.6 is 0 Å². The molecule has 0 unspecified atom stereocenters. The molecule has 4 amide bonds. The second kappa shape index (κ2) is 27.1. The molecular weight excluding hydrogens is 588 g/mol. The highest BCUT2D eigenvalue weighted by atomic mass is 16.2. The zero-order valence-electron chi connectivity index (χ0n) is 30.7. The fourth-order valence-electron chi connectivity index (χ4n) is 5.78. The Morgan fingerprint density at radius 3 is 1.32 bits per heavy atom. The van der Waals surface area contributed by atoms with Crippen LogP contribution < -0.4 is 10.6 Å². The molecule has 1 aromatic carbocycles. The van der Waals surface area contributed by atoms with E-state index in [4.69, 9.17) is 0 Å². The fourth-order valence-corrected chi connectivity index (χ4v) is 5.78. The fraction of sp³-hybridized carbons (Fsp3) is 0.744. The molecule has 0 bridgehead atoms. The molecule has 0 spiro atoms. The SMILES string of the molecule is CCCCCCCN(C)C(=O)CC(=O)NCCCCCc1cc(C)cc(CCCCCNC(=O)CC(=O)N(C)CCCCCCC)c1. The summed E-state index contributed by atoms with van der Waals surface area (Å²) in [5.74, 6) is -0.564. The summed E-state index contributed by atoms with van der Waals surface area (Å²) in [6, 6.07) is 6.84. The van der Waals surface area contributed by atoms with Crippen molar-refractivity contribution in [1.29, 1.82) is 0 Å². The van der Waals surface area contributed by atoms with E-state index in [9.17, 15) is 19.2 Å². The number of nitrogens with zero attached hydrogens (tertiary/aromatic N) is 2. The molecule has 0 aromatic heterocycles. The molecule has 1 rings (SSSR count). The zero-order chi connectivity index (χ0) is 34.7. The van der Waals surface area contributed by atoms with Crippen molar-refractivity contribution in [2.24, 2.45) is 0 Å². The standard InChI is InChI=1S/C39H68N4O4/c1-6-8-10-12-20-26-42(4)38(46)31-36(44)40-24-18-14-16-22-34-28-33(3)29-35(30-34)23-17-15-19-25-41-37(45)32-39(47)43(5)27-21-13-11-9-7-2/h28-30H,6-27,31-32H2,1-5H3,(H,40,44)(H,41,45). The van der Waals surface area contributed by atoms with Crippen LogP contribution in [0.4, 0.5) is 0 Å². The van der Waals surface area contributed by atoms with Crippen molar-refractivity contribution in [3.05, 3.63) is 34.9 Å². The lowest BCUT2D eigenvalue weighted by molar-refractivity contribution is -0.136. The highest BCUT2D eigenvalue weighted by Crippen LogP contribution is 2.16. The summed E-state index contributed by atoms with van der Waals surface area (Å²) >= 11 is 0. The van der Waals surface area contributed by atoms with Crippen LogP contribution in [-0.4, -0.2) is 73.7 Å². The van der Waals surface area contributed by atoms with Gasteiger partial charge in [-0.1, -0.05) is 102 Å². The molecule has 0 aliphatic carbocycles. The van der Waals surface area contributed by atoms with Crippen molar-refractivity contribution in [2.75, 3.05) is 40.3 Å². The molecular formula is C39H68N4O4. The zero-order valence-corrected chi connectivity index (χ0v) is 30.7. The smallest absolute Gasteiger partial charge is 0.231 e. The molecule has 0 saturated heterocycles. The average molecular weight is 657 g/mol. The minimum absolute atomic E-state index is 0.0651. The Labute approximate surface area is 287 Å². The quantitative estimate of drug-likeness (QED) is 0.0731. The summed E-state index contributed by atoms with van der Waals surface area (Å²) in [6.07, 6.45) is 19.5. The lowest BCUT2D eigenvalue weighted by Gasteiger charge is -2.17. The molecule has 0 aliphatic heterocycles. The Balaban J connectivity index is 2.17. The van der Waals surface area contributed by atoms with Crippen molar-refractivity contribution in [1.82, 2.24) is 20.4 Å². The third-order valence-electron chi connectivity index (χ3n) is 8.79. The van der Waals surface area contributed by atoms with Crippen LogP contribution in [0.15, 0.2) is 18.2 Å². The number of carbonyl (C=O) groups is 4. The maximum Gasteiger partial charge on any atom is 0.231 e. The summed E-state index contributed by atoms with van der Waals surface area (Å²) in [7, 11) is 3.58. The van der Waals surface area contributed by atoms with Gasteiger partial charge in [0.1, 0.15) is 12.8 Å². The molecule has 8 heteroatoms. The third kappa shape index (κ3) is 22.3. The first-order chi connectivity index (χ1) is 22.7. The monoisotopic (exact) mass is 657 g/mol. The van der Waals surface area contributed by atoms with Crippen molar-refractivity contribution in [2.45, 2.75) is 149 Å². The Hall–Kier alpha value is -2.90. The number of unbranched alkanes of at least 4 members (excludes halogenated alkanes) is 12. The number of aryl methyl sites for hydroxylation is 3. The normalized spacial score (nSPS) is 10.9. The first kappa shape index (κ1) is 42.1. The largest absolute Gasteiger partial charge is 0.356 e. The van der Waals surface area contributed by atoms with Gasteiger partial charge in [-0.25, -0.2) is 0 Å². The summed E-state index contributed by atoms with van der Waals surface area (Å²) in [5.41, 5.74) is 3.99. The molecule has 47 heavy (non-hydrogen) atoms. The van der Waals surface area contributed by atoms with Gasteiger partial charge in [0.05, 0.1) is 0 Å². The Morgan fingerprint density at radius 2 is 0.915 bits per heavy atom. The van der Waals surface area contributed by atoms with Crippen LogP contribution in [0, 0.1) is 6.92 Å². The topological polar surface area (TPSA) is 98.8 Å². The number of hydrogen-bond acceptors (Lipinski definition) is 4. The molecule has 0 atom stereocenters. The van der Waals surface area contributed by atoms with Crippen molar-refractivity contribution in [3.8, 4) is 0 Å². The van der Waals surface area contributed by atoms with Gasteiger partial charge >= 0.3 is 0 Å². The first-order valence-electron chi connectivity index (χ1n) is 18.8. The van der Waals surface area contributed by atoms with Gasteiger partial charge in [-0.3, -0.25) is 19.2 Å². The number of hydrogen-bond donors (Lipinski definition) is 2. The van der Waals surface area contributed by atoms with Crippen LogP contribution in [0.5, 0.6) is 0 Å².